The van der Waals surface area contributed by atoms with E-state index in [0.29, 0.717) is 48.8 Å². The number of sulfonamides is 1. The number of hydrogen-bond acceptors (Lipinski definition) is 11. The first-order chi connectivity index (χ1) is 19.7. The summed E-state index contributed by atoms with van der Waals surface area (Å²) in [5, 5.41) is 16.8. The Morgan fingerprint density at radius 2 is 1.80 bits per heavy atom. The summed E-state index contributed by atoms with van der Waals surface area (Å²) in [6, 6.07) is 5.20. The van der Waals surface area contributed by atoms with Gasteiger partial charge in [0.15, 0.2) is 5.82 Å². The van der Waals surface area contributed by atoms with Gasteiger partial charge in [0.1, 0.15) is 28.3 Å². The molecule has 13 nitrogen and oxygen atoms in total. The Morgan fingerprint density at radius 3 is 2.41 bits per heavy atom. The molecule has 0 saturated carbocycles. The Balaban J connectivity index is 0.00000484. The van der Waals surface area contributed by atoms with Gasteiger partial charge in [0, 0.05) is 27.5 Å². The number of nitrogens with one attached hydrogen (secondary N) is 1. The highest BCUT2D eigenvalue weighted by Crippen LogP contribution is 2.36. The van der Waals surface area contributed by atoms with Crippen LogP contribution in [0.1, 0.15) is 40.4 Å². The van der Waals surface area contributed by atoms with Gasteiger partial charge in [-0.2, -0.15) is 0 Å². The number of ether oxygens (including phenoxy) is 3. The molecule has 0 unspecified atom stereocenters. The average molecular weight is 596 g/mol. The smallest absolute Gasteiger partial charge is 0.243 e. The molecular weight excluding hydrogens is 557 g/mol. The van der Waals surface area contributed by atoms with Gasteiger partial charge in [0.05, 0.1) is 38.8 Å². The van der Waals surface area contributed by atoms with Crippen LogP contribution in [0.15, 0.2) is 30.6 Å². The van der Waals surface area contributed by atoms with Crippen molar-refractivity contribution < 1.29 is 33.6 Å². The summed E-state index contributed by atoms with van der Waals surface area (Å²) in [6.45, 7) is 4.15. The van der Waals surface area contributed by atoms with E-state index in [0.717, 1.165) is 12.4 Å². The van der Waals surface area contributed by atoms with E-state index in [9.17, 15) is 17.9 Å². The Hall–Kier alpha value is -3.56. The predicted octanol–water partition coefficient (Wildman–Crippen LogP) is 2.59. The molecule has 4 rings (SSSR count). The molecule has 1 aliphatic heterocycles. The van der Waals surface area contributed by atoms with Gasteiger partial charge in [0.2, 0.25) is 21.9 Å². The number of aliphatic hydroxyl groups excluding tert-OH is 1. The van der Waals surface area contributed by atoms with Crippen molar-refractivity contribution in [1.82, 2.24) is 24.7 Å². The van der Waals surface area contributed by atoms with Gasteiger partial charge in [0.25, 0.3) is 0 Å². The molecule has 0 bridgehead atoms. The van der Waals surface area contributed by atoms with Crippen molar-refractivity contribution in [2.24, 2.45) is 0 Å². The minimum Gasteiger partial charge on any atom is -0.494 e. The highest BCUT2D eigenvalue weighted by atomic mass is 32.2. The largest absolute Gasteiger partial charge is 0.494 e. The highest BCUT2D eigenvalue weighted by molar-refractivity contribution is 7.93. The molecule has 41 heavy (non-hydrogen) atoms. The Labute approximate surface area is 240 Å². The molecule has 15 heteroatoms. The molecule has 1 aliphatic rings. The second-order valence-electron chi connectivity index (χ2n) is 9.88. The van der Waals surface area contributed by atoms with E-state index in [1.807, 2.05) is 13.8 Å². The molecule has 0 amide bonds. The lowest BCUT2D eigenvalue weighted by Crippen LogP contribution is -2.51. The third-order valence-electron chi connectivity index (χ3n) is 6.56. The number of halogens is 1. The molecule has 3 heterocycles. The monoisotopic (exact) mass is 595 g/mol. The summed E-state index contributed by atoms with van der Waals surface area (Å²) in [6.07, 6.45) is 3.25. The SMILES string of the molecule is COc1cccc(OC)c1-n1c(CCCCO)nnc1NS(=O)(=O)[C@H]1C[C@@H](OC(C)C)CN(c2ncc(F)cn2)C1.[HH]. The van der Waals surface area contributed by atoms with Crippen LogP contribution in [0.25, 0.3) is 5.69 Å². The molecule has 3 aromatic rings. The van der Waals surface area contributed by atoms with E-state index >= 15 is 0 Å². The summed E-state index contributed by atoms with van der Waals surface area (Å²) >= 11 is 0. The number of aromatic nitrogens is 5. The van der Waals surface area contributed by atoms with Crippen LogP contribution >= 0.6 is 0 Å². The minimum atomic E-state index is -4.08. The van der Waals surface area contributed by atoms with Gasteiger partial charge in [-0.15, -0.1) is 10.2 Å². The Kier molecular flexibility index (Phi) is 9.94. The zero-order chi connectivity index (χ0) is 29.6. The Bertz CT molecular complexity index is 1390. The highest BCUT2D eigenvalue weighted by Gasteiger charge is 2.38. The van der Waals surface area contributed by atoms with Gasteiger partial charge in [-0.25, -0.2) is 22.8 Å². The first kappa shape index (κ1) is 30.4. The fourth-order valence-electron chi connectivity index (χ4n) is 4.79. The number of unbranched alkanes of at least 4 members (excludes halogenated alkanes) is 1. The molecule has 0 spiro atoms. The van der Waals surface area contributed by atoms with Crippen LogP contribution in [0.3, 0.4) is 0 Å². The van der Waals surface area contributed by atoms with Crippen LogP contribution in [0.2, 0.25) is 0 Å². The third kappa shape index (κ3) is 7.21. The van der Waals surface area contributed by atoms with Crippen molar-refractivity contribution in [3.63, 3.8) is 0 Å². The standard InChI is InChI=1S/C26H36FN7O6S.H2/c1-17(2)40-19-12-20(16-33(15-19)25-28-13-18(27)14-29-25)41(36,37)32-26-31-30-23(10-5-6-11-35)34(26)24-21(38-3)8-7-9-22(24)39-4;/h7-9,13-14,17,19-20,35H,5-6,10-12,15-16H2,1-4H3,(H,31,32);1H/t19-,20+;/m1./s1. The van der Waals surface area contributed by atoms with E-state index < -0.39 is 27.2 Å². The van der Waals surface area contributed by atoms with E-state index in [1.54, 1.807) is 27.7 Å². The van der Waals surface area contributed by atoms with Crippen molar-refractivity contribution in [1.29, 1.82) is 0 Å². The normalized spacial score (nSPS) is 17.6. The van der Waals surface area contributed by atoms with Gasteiger partial charge < -0.3 is 24.2 Å². The number of para-hydroxylation sites is 1. The van der Waals surface area contributed by atoms with Crippen molar-refractivity contribution in [3.8, 4) is 17.2 Å². The zero-order valence-corrected chi connectivity index (χ0v) is 24.3. The lowest BCUT2D eigenvalue weighted by Gasteiger charge is -2.37. The van der Waals surface area contributed by atoms with Gasteiger partial charge in [-0.3, -0.25) is 9.29 Å². The maximum Gasteiger partial charge on any atom is 0.243 e. The lowest BCUT2D eigenvalue weighted by atomic mass is 10.1. The summed E-state index contributed by atoms with van der Waals surface area (Å²) in [7, 11) is -1.08. The summed E-state index contributed by atoms with van der Waals surface area (Å²) < 4.78 is 62.7. The molecule has 0 aliphatic carbocycles. The van der Waals surface area contributed by atoms with Gasteiger partial charge in [-0.05, 0) is 45.2 Å². The number of rotatable bonds is 13. The Morgan fingerprint density at radius 1 is 1.12 bits per heavy atom. The molecule has 2 N–H and O–H groups in total. The molecule has 226 valence electrons. The quantitative estimate of drug-likeness (QED) is 0.280. The van der Waals surface area contributed by atoms with Crippen LogP contribution in [-0.4, -0.2) is 89.6 Å². The van der Waals surface area contributed by atoms with Crippen molar-refractivity contribution in [3.05, 3.63) is 42.2 Å². The lowest BCUT2D eigenvalue weighted by molar-refractivity contribution is 0.00147. The zero-order valence-electron chi connectivity index (χ0n) is 23.5. The molecule has 1 fully saturated rings. The maximum atomic E-state index is 13.9. The minimum absolute atomic E-state index is 0. The van der Waals surface area contributed by atoms with Crippen LogP contribution in [0, 0.1) is 5.82 Å². The number of nitrogens with zero attached hydrogens (tertiary/aromatic N) is 6. The van der Waals surface area contributed by atoms with Crippen LogP contribution in [0.5, 0.6) is 11.5 Å². The van der Waals surface area contributed by atoms with Crippen LogP contribution in [-0.2, 0) is 21.2 Å². The summed E-state index contributed by atoms with van der Waals surface area (Å²) in [5.41, 5.74) is 0.435. The molecule has 1 saturated heterocycles. The van der Waals surface area contributed by atoms with Gasteiger partial charge >= 0.3 is 0 Å². The van der Waals surface area contributed by atoms with E-state index in [-0.39, 0.29) is 39.0 Å². The number of piperidine rings is 1. The van der Waals surface area contributed by atoms with E-state index in [2.05, 4.69) is 24.9 Å². The van der Waals surface area contributed by atoms with Crippen LogP contribution < -0.4 is 19.1 Å². The van der Waals surface area contributed by atoms with Gasteiger partial charge in [-0.1, -0.05) is 6.07 Å². The second-order valence-corrected chi connectivity index (χ2v) is 11.8. The number of benzene rings is 1. The molecule has 2 aromatic heterocycles. The fourth-order valence-corrected chi connectivity index (χ4v) is 6.18. The predicted molar refractivity (Wildman–Crippen MR) is 152 cm³/mol. The van der Waals surface area contributed by atoms with Crippen molar-refractivity contribution >= 4 is 21.9 Å². The molecule has 0 radical (unpaired) electrons. The molecular formula is C26H38FN7O6S. The maximum absolute atomic E-state index is 13.9. The van der Waals surface area contributed by atoms with E-state index in [1.165, 1.54) is 14.2 Å². The van der Waals surface area contributed by atoms with Crippen molar-refractivity contribution in [2.45, 2.75) is 57.0 Å². The first-order valence-corrected chi connectivity index (χ1v) is 14.9. The summed E-state index contributed by atoms with van der Waals surface area (Å²) in [5.74, 6) is 0.892. The molecule has 1 aromatic carbocycles. The summed E-state index contributed by atoms with van der Waals surface area (Å²) in [4.78, 5) is 9.76. The number of methoxy groups -OCH3 is 2. The number of aryl methyl sites for hydroxylation is 1. The fraction of sp³-hybridized carbons (Fsp3) is 0.538. The first-order valence-electron chi connectivity index (χ1n) is 13.3. The molecule has 2 atom stereocenters. The number of aliphatic hydroxyl groups is 1. The van der Waals surface area contributed by atoms with E-state index in [4.69, 9.17) is 14.2 Å². The topological polar surface area (TPSA) is 154 Å². The second kappa shape index (κ2) is 13.4. The number of hydrogen-bond donors (Lipinski definition) is 2. The average Bonchev–Trinajstić information content (AvgIpc) is 3.33. The number of anilines is 2. The van der Waals surface area contributed by atoms with Crippen LogP contribution in [0.4, 0.5) is 16.3 Å². The third-order valence-corrected chi connectivity index (χ3v) is 8.25. The van der Waals surface area contributed by atoms with Crippen molar-refractivity contribution in [2.75, 3.05) is 43.5 Å².